The molecule has 1 aliphatic carbocycles. The van der Waals surface area contributed by atoms with E-state index in [-0.39, 0.29) is 6.04 Å². The van der Waals surface area contributed by atoms with Crippen LogP contribution < -0.4 is 0 Å². The van der Waals surface area contributed by atoms with E-state index in [9.17, 15) is 8.42 Å². The molecule has 2 heterocycles. The van der Waals surface area contributed by atoms with Gasteiger partial charge in [0.05, 0.1) is 10.9 Å². The Kier molecular flexibility index (Phi) is 5.22. The van der Waals surface area contributed by atoms with Crippen LogP contribution in [0.1, 0.15) is 66.1 Å². The normalized spacial score (nSPS) is 22.0. The van der Waals surface area contributed by atoms with Crippen LogP contribution in [0.2, 0.25) is 0 Å². The van der Waals surface area contributed by atoms with Crippen molar-refractivity contribution in [1.29, 1.82) is 0 Å². The molecule has 0 spiro atoms. The predicted octanol–water partition coefficient (Wildman–Crippen LogP) is 5.24. The summed E-state index contributed by atoms with van der Waals surface area (Å²) in [5.41, 5.74) is 3.78. The van der Waals surface area contributed by atoms with Crippen LogP contribution in [0, 0.1) is 6.92 Å². The molecule has 3 nitrogen and oxygen atoms in total. The molecule has 1 aromatic heterocycles. The van der Waals surface area contributed by atoms with Crippen LogP contribution in [0.4, 0.5) is 0 Å². The highest BCUT2D eigenvalue weighted by molar-refractivity contribution is 7.89. The molecule has 0 N–H and O–H groups in total. The number of rotatable bonds is 3. The number of sulfonamides is 1. The molecular weight excluding hydrogens is 362 g/mol. The Labute approximate surface area is 161 Å². The van der Waals surface area contributed by atoms with Crippen molar-refractivity contribution in [3.63, 3.8) is 0 Å². The van der Waals surface area contributed by atoms with Crippen molar-refractivity contribution in [3.8, 4) is 0 Å². The predicted molar refractivity (Wildman–Crippen MR) is 107 cm³/mol. The molecule has 1 fully saturated rings. The molecule has 0 unspecified atom stereocenters. The van der Waals surface area contributed by atoms with Gasteiger partial charge in [-0.3, -0.25) is 0 Å². The highest BCUT2D eigenvalue weighted by atomic mass is 32.2. The van der Waals surface area contributed by atoms with E-state index in [1.165, 1.54) is 28.0 Å². The summed E-state index contributed by atoms with van der Waals surface area (Å²) in [6, 6.07) is 7.92. The van der Waals surface area contributed by atoms with Gasteiger partial charge in [0.25, 0.3) is 0 Å². The van der Waals surface area contributed by atoms with E-state index in [0.717, 1.165) is 44.9 Å². The molecule has 1 saturated heterocycles. The zero-order valence-electron chi connectivity index (χ0n) is 15.4. The molecule has 2 aliphatic rings. The molecule has 1 atom stereocenters. The Morgan fingerprint density at radius 1 is 1.00 bits per heavy atom. The first-order valence-electron chi connectivity index (χ1n) is 9.75. The van der Waals surface area contributed by atoms with Crippen LogP contribution in [-0.2, 0) is 22.9 Å². The summed E-state index contributed by atoms with van der Waals surface area (Å²) in [5, 5.41) is 2.08. The maximum absolute atomic E-state index is 13.6. The van der Waals surface area contributed by atoms with E-state index in [1.807, 2.05) is 18.2 Å². The summed E-state index contributed by atoms with van der Waals surface area (Å²) in [6.45, 7) is 2.72. The minimum Gasteiger partial charge on any atom is -0.207 e. The van der Waals surface area contributed by atoms with Crippen molar-refractivity contribution in [2.75, 3.05) is 6.54 Å². The third-order valence-electron chi connectivity index (χ3n) is 5.83. The highest BCUT2D eigenvalue weighted by Gasteiger charge is 2.35. The number of thiophene rings is 1. The fraction of sp³-hybridized carbons (Fsp3) is 0.524. The van der Waals surface area contributed by atoms with E-state index in [1.54, 1.807) is 15.6 Å². The Hall–Kier alpha value is -1.17. The van der Waals surface area contributed by atoms with Gasteiger partial charge >= 0.3 is 0 Å². The molecular formula is C21H27NO2S2. The summed E-state index contributed by atoms with van der Waals surface area (Å²) in [7, 11) is -3.47. The van der Waals surface area contributed by atoms with Crippen molar-refractivity contribution >= 4 is 21.4 Å². The van der Waals surface area contributed by atoms with Gasteiger partial charge in [-0.25, -0.2) is 8.42 Å². The molecule has 1 aromatic carbocycles. The lowest BCUT2D eigenvalue weighted by molar-refractivity contribution is 0.332. The molecule has 0 radical (unpaired) electrons. The van der Waals surface area contributed by atoms with Crippen molar-refractivity contribution in [1.82, 2.24) is 4.31 Å². The number of hydrogen-bond acceptors (Lipinski definition) is 3. The third-order valence-corrected chi connectivity index (χ3v) is 8.86. The van der Waals surface area contributed by atoms with E-state index in [4.69, 9.17) is 0 Å². The number of fused-ring (bicyclic) bond motifs is 1. The molecule has 5 heteroatoms. The maximum atomic E-state index is 13.6. The molecule has 2 aromatic rings. The Morgan fingerprint density at radius 2 is 1.81 bits per heavy atom. The monoisotopic (exact) mass is 389 g/mol. The van der Waals surface area contributed by atoms with Crippen LogP contribution >= 0.6 is 11.3 Å². The van der Waals surface area contributed by atoms with Crippen LogP contribution in [0.25, 0.3) is 0 Å². The minimum atomic E-state index is -3.47. The zero-order valence-corrected chi connectivity index (χ0v) is 17.0. The maximum Gasteiger partial charge on any atom is 0.243 e. The van der Waals surface area contributed by atoms with Crippen LogP contribution in [0.15, 0.2) is 34.5 Å². The van der Waals surface area contributed by atoms with Gasteiger partial charge in [-0.15, -0.1) is 11.3 Å². The van der Waals surface area contributed by atoms with Crippen LogP contribution in [0.3, 0.4) is 0 Å². The fourth-order valence-corrected chi connectivity index (χ4v) is 7.22. The largest absolute Gasteiger partial charge is 0.243 e. The van der Waals surface area contributed by atoms with Crippen molar-refractivity contribution < 1.29 is 8.42 Å². The van der Waals surface area contributed by atoms with Gasteiger partial charge in [-0.05, 0) is 85.7 Å². The summed E-state index contributed by atoms with van der Waals surface area (Å²) >= 11 is 1.70. The molecule has 4 rings (SSSR count). The molecule has 0 saturated carbocycles. The van der Waals surface area contributed by atoms with Gasteiger partial charge in [-0.2, -0.15) is 4.31 Å². The van der Waals surface area contributed by atoms with Gasteiger partial charge in [-0.1, -0.05) is 18.9 Å². The first-order chi connectivity index (χ1) is 12.6. The average molecular weight is 390 g/mol. The van der Waals surface area contributed by atoms with E-state index in [2.05, 4.69) is 18.4 Å². The summed E-state index contributed by atoms with van der Waals surface area (Å²) in [6.07, 6.45) is 8.54. The average Bonchev–Trinajstić information content (AvgIpc) is 2.92. The molecule has 0 amide bonds. The molecule has 140 valence electrons. The smallest absolute Gasteiger partial charge is 0.207 e. The first-order valence-corrected chi connectivity index (χ1v) is 12.1. The van der Waals surface area contributed by atoms with Crippen molar-refractivity contribution in [3.05, 3.63) is 51.2 Å². The quantitative estimate of drug-likeness (QED) is 0.720. The van der Waals surface area contributed by atoms with Crippen LogP contribution in [-0.4, -0.2) is 19.3 Å². The number of hydrogen-bond donors (Lipinski definition) is 0. The van der Waals surface area contributed by atoms with E-state index in [0.29, 0.717) is 11.4 Å². The lowest BCUT2D eigenvalue weighted by atomic mass is 9.92. The summed E-state index contributed by atoms with van der Waals surface area (Å²) < 4.78 is 28.9. The lowest BCUT2D eigenvalue weighted by Crippen LogP contribution is -2.35. The standard InChI is InChI=1S/C21H27NO2S2/c1-16-12-14-25-21(16)20-9-3-2-6-13-22(20)26(23,24)19-11-10-17-7-4-5-8-18(17)15-19/h10-12,14-15,20H,2-9,13H2,1H3/t20-/m0/s1. The summed E-state index contributed by atoms with van der Waals surface area (Å²) in [5.74, 6) is 0. The number of aryl methyl sites for hydroxylation is 3. The van der Waals surface area contributed by atoms with Gasteiger partial charge in [0, 0.05) is 11.4 Å². The van der Waals surface area contributed by atoms with Crippen LogP contribution in [0.5, 0.6) is 0 Å². The molecule has 1 aliphatic heterocycles. The van der Waals surface area contributed by atoms with E-state index < -0.39 is 10.0 Å². The fourth-order valence-electron chi connectivity index (χ4n) is 4.36. The topological polar surface area (TPSA) is 37.4 Å². The Morgan fingerprint density at radius 3 is 2.58 bits per heavy atom. The number of benzene rings is 1. The highest BCUT2D eigenvalue weighted by Crippen LogP contribution is 2.38. The zero-order chi connectivity index (χ0) is 18.1. The molecule has 26 heavy (non-hydrogen) atoms. The number of nitrogens with zero attached hydrogens (tertiary/aromatic N) is 1. The first kappa shape index (κ1) is 18.2. The minimum absolute atomic E-state index is 0.0152. The van der Waals surface area contributed by atoms with Gasteiger partial charge in [0.2, 0.25) is 10.0 Å². The van der Waals surface area contributed by atoms with Crippen molar-refractivity contribution in [2.24, 2.45) is 0 Å². The van der Waals surface area contributed by atoms with Gasteiger partial charge < -0.3 is 0 Å². The lowest BCUT2D eigenvalue weighted by Gasteiger charge is -2.29. The summed E-state index contributed by atoms with van der Waals surface area (Å²) in [4.78, 5) is 1.70. The Balaban J connectivity index is 1.73. The molecule has 0 bridgehead atoms. The van der Waals surface area contributed by atoms with Gasteiger partial charge in [0.1, 0.15) is 0 Å². The van der Waals surface area contributed by atoms with Crippen molar-refractivity contribution in [2.45, 2.75) is 69.2 Å². The van der Waals surface area contributed by atoms with E-state index >= 15 is 0 Å². The second-order valence-electron chi connectivity index (χ2n) is 7.59. The second-order valence-corrected chi connectivity index (χ2v) is 10.4. The Bertz CT molecular complexity index is 885. The van der Waals surface area contributed by atoms with Gasteiger partial charge in [0.15, 0.2) is 0 Å². The third kappa shape index (κ3) is 3.37. The SMILES string of the molecule is Cc1ccsc1[C@@H]1CCCCCN1S(=O)(=O)c1ccc2c(c1)CCCC2. The second kappa shape index (κ2) is 7.45.